The average molecular weight is 287 g/mol. The van der Waals surface area contributed by atoms with Crippen molar-refractivity contribution in [2.24, 2.45) is 5.41 Å². The molecule has 0 spiro atoms. The summed E-state index contributed by atoms with van der Waals surface area (Å²) in [6.07, 6.45) is 13.4. The molecule has 0 heterocycles. The molecule has 0 aliphatic carbocycles. The average Bonchev–Trinajstić information content (AvgIpc) is 2.45. The second-order valence-electron chi connectivity index (χ2n) is 5.80. The van der Waals surface area contributed by atoms with Crippen molar-refractivity contribution >= 4 is 16.5 Å². The van der Waals surface area contributed by atoms with Crippen LogP contribution in [0.5, 0.6) is 0 Å². The Bertz CT molecular complexity index is 225. The van der Waals surface area contributed by atoms with Crippen LogP contribution in [0.1, 0.15) is 91.4 Å². The van der Waals surface area contributed by atoms with Gasteiger partial charge in [-0.05, 0) is 24.7 Å². The second-order valence-corrected chi connectivity index (χ2v) is 6.21. The lowest BCUT2D eigenvalue weighted by molar-refractivity contribution is -0.134. The molecular weight excluding hydrogens is 252 g/mol. The Morgan fingerprint density at radius 3 is 2.05 bits per heavy atom. The van der Waals surface area contributed by atoms with Crippen LogP contribution in [0.25, 0.3) is 0 Å². The van der Waals surface area contributed by atoms with Gasteiger partial charge in [-0.2, -0.15) is 0 Å². The molecule has 19 heavy (non-hydrogen) atoms. The lowest BCUT2D eigenvalue weighted by Gasteiger charge is -2.32. The lowest BCUT2D eigenvalue weighted by atomic mass is 9.74. The van der Waals surface area contributed by atoms with E-state index in [1.54, 1.807) is 0 Å². The summed E-state index contributed by atoms with van der Waals surface area (Å²) < 4.78 is 4.86. The standard InChI is InChI=1S/C16H34O2Si/c1-4-7-8-9-10-13-16(5-2,6-3)14-11-12-15(17)18-19/h4-14H2,1-3,19H3. The van der Waals surface area contributed by atoms with Gasteiger partial charge in [-0.15, -0.1) is 0 Å². The van der Waals surface area contributed by atoms with Gasteiger partial charge in [0.2, 0.25) is 10.5 Å². The third kappa shape index (κ3) is 8.46. The molecule has 0 aromatic heterocycles. The molecule has 0 saturated carbocycles. The number of hydrogen-bond donors (Lipinski definition) is 0. The molecule has 0 aromatic carbocycles. The van der Waals surface area contributed by atoms with Crippen LogP contribution in [-0.2, 0) is 9.22 Å². The van der Waals surface area contributed by atoms with Gasteiger partial charge < -0.3 is 4.43 Å². The minimum absolute atomic E-state index is 0.00396. The van der Waals surface area contributed by atoms with E-state index in [1.165, 1.54) is 57.8 Å². The fourth-order valence-electron chi connectivity index (χ4n) is 2.90. The first-order valence-electron chi connectivity index (χ1n) is 8.21. The fourth-order valence-corrected chi connectivity index (χ4v) is 3.10. The van der Waals surface area contributed by atoms with Gasteiger partial charge in [0.1, 0.15) is 0 Å². The zero-order valence-electron chi connectivity index (χ0n) is 13.6. The number of rotatable bonds is 12. The van der Waals surface area contributed by atoms with Gasteiger partial charge in [-0.1, -0.05) is 65.7 Å². The van der Waals surface area contributed by atoms with Crippen molar-refractivity contribution in [2.75, 3.05) is 0 Å². The maximum absolute atomic E-state index is 11.2. The molecule has 0 aliphatic rings. The van der Waals surface area contributed by atoms with E-state index in [9.17, 15) is 4.79 Å². The molecule has 0 atom stereocenters. The molecule has 0 radical (unpaired) electrons. The maximum atomic E-state index is 11.2. The van der Waals surface area contributed by atoms with Gasteiger partial charge in [0.25, 0.3) is 5.97 Å². The van der Waals surface area contributed by atoms with Crippen LogP contribution in [0.4, 0.5) is 0 Å². The normalized spacial score (nSPS) is 11.7. The maximum Gasteiger partial charge on any atom is 0.291 e. The summed E-state index contributed by atoms with van der Waals surface area (Å²) in [5.41, 5.74) is 0.470. The summed E-state index contributed by atoms with van der Waals surface area (Å²) in [6.45, 7) is 6.87. The molecule has 0 unspecified atom stereocenters. The predicted molar refractivity (Wildman–Crippen MR) is 86.3 cm³/mol. The van der Waals surface area contributed by atoms with Crippen LogP contribution in [0, 0.1) is 5.41 Å². The van der Waals surface area contributed by atoms with Gasteiger partial charge >= 0.3 is 0 Å². The summed E-state index contributed by atoms with van der Waals surface area (Å²) in [5.74, 6) is -0.00396. The van der Waals surface area contributed by atoms with Crippen LogP contribution < -0.4 is 0 Å². The SMILES string of the molecule is CCCCCCCC(CC)(CC)CCCC(=O)O[SiH3]. The Morgan fingerprint density at radius 2 is 1.53 bits per heavy atom. The first kappa shape index (κ1) is 18.7. The smallest absolute Gasteiger partial charge is 0.291 e. The minimum atomic E-state index is -0.00396. The summed E-state index contributed by atoms with van der Waals surface area (Å²) >= 11 is 0. The number of carbonyl (C=O) groups is 1. The predicted octanol–water partition coefficient (Wildman–Crippen LogP) is 4.15. The highest BCUT2D eigenvalue weighted by Gasteiger charge is 2.25. The highest BCUT2D eigenvalue weighted by atomic mass is 28.2. The molecule has 0 aliphatic heterocycles. The fraction of sp³-hybridized carbons (Fsp3) is 0.938. The van der Waals surface area contributed by atoms with Crippen LogP contribution >= 0.6 is 0 Å². The molecule has 114 valence electrons. The van der Waals surface area contributed by atoms with Crippen molar-refractivity contribution in [1.82, 2.24) is 0 Å². The van der Waals surface area contributed by atoms with E-state index >= 15 is 0 Å². The zero-order chi connectivity index (χ0) is 14.6. The van der Waals surface area contributed by atoms with E-state index in [-0.39, 0.29) is 5.97 Å². The Labute approximate surface area is 123 Å². The minimum Gasteiger partial charge on any atom is -0.529 e. The van der Waals surface area contributed by atoms with E-state index in [1.807, 2.05) is 0 Å². The van der Waals surface area contributed by atoms with E-state index in [2.05, 4.69) is 20.8 Å². The molecule has 0 fully saturated rings. The molecular formula is C16H34O2Si. The second kappa shape index (κ2) is 11.5. The third-order valence-electron chi connectivity index (χ3n) is 4.63. The molecule has 0 aromatic rings. The molecule has 0 N–H and O–H groups in total. The summed E-state index contributed by atoms with van der Waals surface area (Å²) in [5, 5.41) is 0. The molecule has 0 amide bonds. The summed E-state index contributed by atoms with van der Waals surface area (Å²) in [7, 11) is 0.534. The van der Waals surface area contributed by atoms with Gasteiger partial charge in [0, 0.05) is 6.42 Å². The Morgan fingerprint density at radius 1 is 0.947 bits per heavy atom. The lowest BCUT2D eigenvalue weighted by Crippen LogP contribution is -2.19. The molecule has 0 saturated heterocycles. The first-order valence-corrected chi connectivity index (χ1v) is 9.02. The van der Waals surface area contributed by atoms with Gasteiger partial charge in [0.15, 0.2) is 0 Å². The van der Waals surface area contributed by atoms with Crippen LogP contribution in [-0.4, -0.2) is 16.5 Å². The number of unbranched alkanes of at least 4 members (excludes halogenated alkanes) is 4. The van der Waals surface area contributed by atoms with E-state index in [0.717, 1.165) is 6.42 Å². The number of carbonyl (C=O) groups excluding carboxylic acids is 1. The van der Waals surface area contributed by atoms with Crippen LogP contribution in [0.3, 0.4) is 0 Å². The Kier molecular flexibility index (Phi) is 11.3. The molecule has 3 heteroatoms. The summed E-state index contributed by atoms with van der Waals surface area (Å²) in [6, 6.07) is 0. The van der Waals surface area contributed by atoms with E-state index in [4.69, 9.17) is 4.43 Å². The van der Waals surface area contributed by atoms with Crippen molar-refractivity contribution in [3.8, 4) is 0 Å². The third-order valence-corrected chi connectivity index (χ3v) is 5.08. The highest BCUT2D eigenvalue weighted by Crippen LogP contribution is 2.38. The van der Waals surface area contributed by atoms with Gasteiger partial charge in [0.05, 0.1) is 0 Å². The van der Waals surface area contributed by atoms with Crippen molar-refractivity contribution < 1.29 is 9.22 Å². The monoisotopic (exact) mass is 286 g/mol. The Hall–Kier alpha value is -0.313. The van der Waals surface area contributed by atoms with Gasteiger partial charge in [-0.3, -0.25) is 4.79 Å². The van der Waals surface area contributed by atoms with Crippen molar-refractivity contribution in [3.05, 3.63) is 0 Å². The Balaban J connectivity index is 4.00. The number of hydrogen-bond acceptors (Lipinski definition) is 2. The van der Waals surface area contributed by atoms with Crippen molar-refractivity contribution in [2.45, 2.75) is 91.4 Å². The van der Waals surface area contributed by atoms with E-state index in [0.29, 0.717) is 22.3 Å². The molecule has 0 rings (SSSR count). The highest BCUT2D eigenvalue weighted by molar-refractivity contribution is 6.05. The molecule has 2 nitrogen and oxygen atoms in total. The zero-order valence-corrected chi connectivity index (χ0v) is 15.6. The quantitative estimate of drug-likeness (QED) is 0.398. The van der Waals surface area contributed by atoms with Crippen LogP contribution in [0.15, 0.2) is 0 Å². The van der Waals surface area contributed by atoms with Crippen LogP contribution in [0.2, 0.25) is 0 Å². The van der Waals surface area contributed by atoms with Crippen molar-refractivity contribution in [3.63, 3.8) is 0 Å². The topological polar surface area (TPSA) is 26.3 Å². The first-order chi connectivity index (χ1) is 9.14. The van der Waals surface area contributed by atoms with E-state index < -0.39 is 0 Å². The largest absolute Gasteiger partial charge is 0.529 e. The molecule has 0 bridgehead atoms. The summed E-state index contributed by atoms with van der Waals surface area (Å²) in [4.78, 5) is 11.2. The van der Waals surface area contributed by atoms with Crippen molar-refractivity contribution in [1.29, 1.82) is 0 Å². The van der Waals surface area contributed by atoms with Gasteiger partial charge in [-0.25, -0.2) is 0 Å².